The summed E-state index contributed by atoms with van der Waals surface area (Å²) in [6.07, 6.45) is 3.87. The molecule has 0 aliphatic carbocycles. The summed E-state index contributed by atoms with van der Waals surface area (Å²) in [7, 11) is 1.57. The second kappa shape index (κ2) is 9.32. The van der Waals surface area contributed by atoms with Gasteiger partial charge in [-0.05, 0) is 18.2 Å². The van der Waals surface area contributed by atoms with Gasteiger partial charge in [-0.2, -0.15) is 0 Å². The number of nitrogens with zero attached hydrogens (tertiary/aromatic N) is 4. The first-order valence-electron chi connectivity index (χ1n) is 10.1. The fourth-order valence-corrected chi connectivity index (χ4v) is 3.95. The van der Waals surface area contributed by atoms with Gasteiger partial charge in [-0.1, -0.05) is 41.9 Å². The second-order valence-electron chi connectivity index (χ2n) is 7.29. The number of piperazine rings is 1. The molecule has 0 spiro atoms. The van der Waals surface area contributed by atoms with E-state index in [2.05, 4.69) is 26.6 Å². The molecule has 0 atom stereocenters. The van der Waals surface area contributed by atoms with Crippen molar-refractivity contribution in [2.45, 2.75) is 6.54 Å². The molecule has 0 radical (unpaired) electrons. The van der Waals surface area contributed by atoms with Crippen molar-refractivity contribution in [3.05, 3.63) is 71.5 Å². The van der Waals surface area contributed by atoms with Crippen LogP contribution in [0.3, 0.4) is 0 Å². The van der Waals surface area contributed by atoms with Gasteiger partial charge in [0.15, 0.2) is 0 Å². The summed E-state index contributed by atoms with van der Waals surface area (Å²) in [5, 5.41) is 0.535. The Hall–Kier alpha value is -2.83. The third kappa shape index (κ3) is 4.50. The molecule has 1 aromatic heterocycles. The summed E-state index contributed by atoms with van der Waals surface area (Å²) in [6, 6.07) is 15.4. The molecule has 1 amide bonds. The number of imidazole rings is 1. The lowest BCUT2D eigenvalue weighted by molar-refractivity contribution is 0.0630. The normalized spacial score (nSPS) is 14.7. The zero-order valence-corrected chi connectivity index (χ0v) is 17.8. The van der Waals surface area contributed by atoms with Gasteiger partial charge >= 0.3 is 0 Å². The Morgan fingerprint density at radius 2 is 1.83 bits per heavy atom. The van der Waals surface area contributed by atoms with Crippen molar-refractivity contribution in [2.24, 2.45) is 0 Å². The Kier molecular flexibility index (Phi) is 6.35. The number of carbonyl (C=O) groups excluding carboxylic acids is 1. The van der Waals surface area contributed by atoms with E-state index in [1.54, 1.807) is 25.3 Å². The second-order valence-corrected chi connectivity index (χ2v) is 7.73. The van der Waals surface area contributed by atoms with Crippen molar-refractivity contribution >= 4 is 17.5 Å². The molecule has 0 unspecified atom stereocenters. The van der Waals surface area contributed by atoms with E-state index in [0.717, 1.165) is 37.6 Å². The predicted octanol–water partition coefficient (Wildman–Crippen LogP) is 3.67. The molecular formula is C23H25ClN4O2. The Bertz CT molecular complexity index is 997. The lowest BCUT2D eigenvalue weighted by Gasteiger charge is -2.35. The number of ether oxygens (including phenoxy) is 1. The number of aromatic nitrogens is 2. The maximum atomic E-state index is 12.9. The molecule has 0 bridgehead atoms. The largest absolute Gasteiger partial charge is 0.496 e. The van der Waals surface area contributed by atoms with Crippen LogP contribution in [0.2, 0.25) is 5.02 Å². The molecule has 1 aliphatic rings. The minimum Gasteiger partial charge on any atom is -0.496 e. The Labute approximate surface area is 181 Å². The number of halogens is 1. The smallest absolute Gasteiger partial charge is 0.257 e. The average Bonchev–Trinajstić information content (AvgIpc) is 3.27. The fraction of sp³-hybridized carbons (Fsp3) is 0.304. The molecule has 7 heteroatoms. The van der Waals surface area contributed by atoms with Crippen LogP contribution >= 0.6 is 11.6 Å². The number of hydrogen-bond donors (Lipinski definition) is 0. The standard InChI is InChI=1S/C23H25ClN4O2/c1-30-21-8-7-19(24)17-20(21)23(29)28-15-12-26(13-16-28)11-14-27-10-9-25-22(27)18-5-3-2-4-6-18/h2-10,17H,11-16H2,1H3. The number of hydrogen-bond acceptors (Lipinski definition) is 4. The summed E-state index contributed by atoms with van der Waals surface area (Å²) in [5.74, 6) is 1.51. The summed E-state index contributed by atoms with van der Waals surface area (Å²) in [6.45, 7) is 4.82. The highest BCUT2D eigenvalue weighted by Crippen LogP contribution is 2.24. The number of carbonyl (C=O) groups is 1. The van der Waals surface area contributed by atoms with Crippen LogP contribution in [-0.4, -0.2) is 65.1 Å². The van der Waals surface area contributed by atoms with E-state index in [4.69, 9.17) is 16.3 Å². The van der Waals surface area contributed by atoms with Crippen LogP contribution in [0.1, 0.15) is 10.4 Å². The number of amides is 1. The van der Waals surface area contributed by atoms with Crippen LogP contribution in [0.5, 0.6) is 5.75 Å². The van der Waals surface area contributed by atoms with Crippen LogP contribution in [0.15, 0.2) is 60.9 Å². The molecule has 1 fully saturated rings. The molecular weight excluding hydrogens is 400 g/mol. The van der Waals surface area contributed by atoms with Crippen molar-refractivity contribution in [2.75, 3.05) is 39.8 Å². The van der Waals surface area contributed by atoms with Crippen molar-refractivity contribution in [3.63, 3.8) is 0 Å². The predicted molar refractivity (Wildman–Crippen MR) is 118 cm³/mol. The van der Waals surface area contributed by atoms with E-state index in [1.165, 1.54) is 0 Å². The summed E-state index contributed by atoms with van der Waals surface area (Å²) in [4.78, 5) is 21.7. The fourth-order valence-electron chi connectivity index (χ4n) is 3.78. The number of methoxy groups -OCH3 is 1. The number of benzene rings is 2. The van der Waals surface area contributed by atoms with Crippen LogP contribution in [0.4, 0.5) is 0 Å². The van der Waals surface area contributed by atoms with Crippen LogP contribution in [0, 0.1) is 0 Å². The van der Waals surface area contributed by atoms with Crippen molar-refractivity contribution in [1.29, 1.82) is 0 Å². The lowest BCUT2D eigenvalue weighted by atomic mass is 10.1. The molecule has 0 N–H and O–H groups in total. The van der Waals surface area contributed by atoms with Crippen LogP contribution in [0.25, 0.3) is 11.4 Å². The van der Waals surface area contributed by atoms with E-state index in [-0.39, 0.29) is 5.91 Å². The van der Waals surface area contributed by atoms with E-state index in [0.29, 0.717) is 29.4 Å². The molecule has 2 aromatic carbocycles. The highest BCUT2D eigenvalue weighted by molar-refractivity contribution is 6.31. The SMILES string of the molecule is COc1ccc(Cl)cc1C(=O)N1CCN(CCn2ccnc2-c2ccccc2)CC1. The van der Waals surface area contributed by atoms with Gasteiger partial charge in [-0.3, -0.25) is 9.69 Å². The molecule has 1 saturated heterocycles. The molecule has 1 aliphatic heterocycles. The van der Waals surface area contributed by atoms with Gasteiger partial charge in [-0.25, -0.2) is 4.98 Å². The summed E-state index contributed by atoms with van der Waals surface area (Å²) in [5.41, 5.74) is 1.64. The van der Waals surface area contributed by atoms with Gasteiger partial charge < -0.3 is 14.2 Å². The van der Waals surface area contributed by atoms with Crippen molar-refractivity contribution in [3.8, 4) is 17.1 Å². The minimum absolute atomic E-state index is 0.0324. The van der Waals surface area contributed by atoms with Gasteiger partial charge in [0.25, 0.3) is 5.91 Å². The van der Waals surface area contributed by atoms with E-state index < -0.39 is 0 Å². The van der Waals surface area contributed by atoms with E-state index in [1.807, 2.05) is 35.5 Å². The molecule has 156 valence electrons. The zero-order chi connectivity index (χ0) is 20.9. The monoisotopic (exact) mass is 424 g/mol. The van der Waals surface area contributed by atoms with Gasteiger partial charge in [0, 0.05) is 62.2 Å². The van der Waals surface area contributed by atoms with Crippen molar-refractivity contribution in [1.82, 2.24) is 19.4 Å². The van der Waals surface area contributed by atoms with Gasteiger partial charge in [-0.15, -0.1) is 0 Å². The first kappa shape index (κ1) is 20.4. The highest BCUT2D eigenvalue weighted by atomic mass is 35.5. The maximum Gasteiger partial charge on any atom is 0.257 e. The molecule has 3 aromatic rings. The van der Waals surface area contributed by atoms with Crippen LogP contribution < -0.4 is 4.74 Å². The summed E-state index contributed by atoms with van der Waals surface area (Å²) >= 11 is 6.09. The van der Waals surface area contributed by atoms with Gasteiger partial charge in [0.05, 0.1) is 12.7 Å². The summed E-state index contributed by atoms with van der Waals surface area (Å²) < 4.78 is 7.52. The van der Waals surface area contributed by atoms with Gasteiger partial charge in [0.1, 0.15) is 11.6 Å². The first-order valence-corrected chi connectivity index (χ1v) is 10.5. The maximum absolute atomic E-state index is 12.9. The van der Waals surface area contributed by atoms with E-state index >= 15 is 0 Å². The minimum atomic E-state index is -0.0324. The third-order valence-electron chi connectivity index (χ3n) is 5.46. The average molecular weight is 425 g/mol. The first-order chi connectivity index (χ1) is 14.7. The number of rotatable bonds is 6. The van der Waals surface area contributed by atoms with Crippen LogP contribution in [-0.2, 0) is 6.54 Å². The lowest BCUT2D eigenvalue weighted by Crippen LogP contribution is -2.49. The molecule has 4 rings (SSSR count). The van der Waals surface area contributed by atoms with Crippen molar-refractivity contribution < 1.29 is 9.53 Å². The highest BCUT2D eigenvalue weighted by Gasteiger charge is 2.24. The Balaban J connectivity index is 1.33. The molecule has 30 heavy (non-hydrogen) atoms. The molecule has 6 nitrogen and oxygen atoms in total. The zero-order valence-electron chi connectivity index (χ0n) is 17.0. The third-order valence-corrected chi connectivity index (χ3v) is 5.69. The Morgan fingerprint density at radius 1 is 1.07 bits per heavy atom. The quantitative estimate of drug-likeness (QED) is 0.605. The Morgan fingerprint density at radius 3 is 2.57 bits per heavy atom. The molecule has 0 saturated carbocycles. The van der Waals surface area contributed by atoms with Gasteiger partial charge in [0.2, 0.25) is 0 Å². The topological polar surface area (TPSA) is 50.6 Å². The molecule has 2 heterocycles. The van der Waals surface area contributed by atoms with E-state index in [9.17, 15) is 4.79 Å².